The van der Waals surface area contributed by atoms with E-state index in [1.165, 1.54) is 0 Å². The van der Waals surface area contributed by atoms with E-state index in [1.807, 2.05) is 11.9 Å². The third-order valence-corrected chi connectivity index (χ3v) is 4.36. The maximum absolute atomic E-state index is 12.7. The van der Waals surface area contributed by atoms with Gasteiger partial charge in [-0.3, -0.25) is 5.01 Å². The number of tetrazole rings is 1. The molecular formula is C15H19ClN6O2. The molecule has 0 radical (unpaired) electrons. The third-order valence-electron chi connectivity index (χ3n) is 4.04. The molecule has 1 aliphatic rings. The topological polar surface area (TPSA) is 76.3 Å². The average Bonchev–Trinajstić information content (AvgIpc) is 2.98. The number of aromatic nitrogens is 4. The lowest BCUT2D eigenvalue weighted by atomic mass is 10.2. The summed E-state index contributed by atoms with van der Waals surface area (Å²) in [4.78, 5) is 25.3. The van der Waals surface area contributed by atoms with Gasteiger partial charge in [-0.25, -0.2) is 14.6 Å². The SMILES string of the molecule is CCN(C(=O)n1nnn(-c2ccccc2Cl)c1=O)N1CCCCC1. The summed E-state index contributed by atoms with van der Waals surface area (Å²) < 4.78 is 1.81. The Bertz CT molecular complexity index is 780. The molecule has 0 saturated carbocycles. The summed E-state index contributed by atoms with van der Waals surface area (Å²) in [7, 11) is 0. The number of hydrogen-bond acceptors (Lipinski definition) is 5. The second-order valence-electron chi connectivity index (χ2n) is 5.55. The number of rotatable bonds is 3. The smallest absolute Gasteiger partial charge is 0.255 e. The molecule has 3 rings (SSSR count). The van der Waals surface area contributed by atoms with Crippen molar-refractivity contribution in [2.45, 2.75) is 26.2 Å². The van der Waals surface area contributed by atoms with E-state index in [-0.39, 0.29) is 0 Å². The number of halogens is 1. The molecule has 1 amide bonds. The van der Waals surface area contributed by atoms with Crippen LogP contribution in [0.1, 0.15) is 26.2 Å². The van der Waals surface area contributed by atoms with Crippen LogP contribution in [-0.2, 0) is 0 Å². The lowest BCUT2D eigenvalue weighted by molar-refractivity contribution is 0.00116. The van der Waals surface area contributed by atoms with E-state index < -0.39 is 11.7 Å². The Hall–Kier alpha value is -2.19. The van der Waals surface area contributed by atoms with Gasteiger partial charge in [0.2, 0.25) is 0 Å². The van der Waals surface area contributed by atoms with Gasteiger partial charge in [0.1, 0.15) is 0 Å². The molecule has 9 heteroatoms. The lowest BCUT2D eigenvalue weighted by Crippen LogP contribution is -2.52. The lowest BCUT2D eigenvalue weighted by Gasteiger charge is -2.35. The number of amides is 1. The fourth-order valence-corrected chi connectivity index (χ4v) is 3.04. The van der Waals surface area contributed by atoms with Crippen LogP contribution in [0.25, 0.3) is 5.69 Å². The molecule has 0 spiro atoms. The van der Waals surface area contributed by atoms with Crippen LogP contribution < -0.4 is 5.69 Å². The molecule has 1 saturated heterocycles. The summed E-state index contributed by atoms with van der Waals surface area (Å²) in [6, 6.07) is 6.29. The van der Waals surface area contributed by atoms with Crippen molar-refractivity contribution in [1.29, 1.82) is 0 Å². The van der Waals surface area contributed by atoms with Crippen molar-refractivity contribution in [2.75, 3.05) is 19.6 Å². The molecule has 1 fully saturated rings. The second kappa shape index (κ2) is 7.14. The maximum Gasteiger partial charge on any atom is 0.377 e. The van der Waals surface area contributed by atoms with Crippen LogP contribution in [0.2, 0.25) is 5.02 Å². The maximum atomic E-state index is 12.7. The van der Waals surface area contributed by atoms with Crippen LogP contribution in [0.15, 0.2) is 29.1 Å². The van der Waals surface area contributed by atoms with Crippen molar-refractivity contribution < 1.29 is 4.79 Å². The van der Waals surface area contributed by atoms with Gasteiger partial charge in [0, 0.05) is 19.6 Å². The van der Waals surface area contributed by atoms with E-state index >= 15 is 0 Å². The highest BCUT2D eigenvalue weighted by Crippen LogP contribution is 2.17. The molecule has 1 aliphatic heterocycles. The van der Waals surface area contributed by atoms with Gasteiger partial charge in [0.15, 0.2) is 0 Å². The zero-order valence-electron chi connectivity index (χ0n) is 13.4. The first-order valence-electron chi connectivity index (χ1n) is 8.00. The first kappa shape index (κ1) is 16.7. The predicted octanol–water partition coefficient (Wildman–Crippen LogP) is 1.77. The number of carbonyl (C=O) groups is 1. The summed E-state index contributed by atoms with van der Waals surface area (Å²) in [5.74, 6) is 0. The minimum atomic E-state index is -0.636. The first-order valence-corrected chi connectivity index (χ1v) is 8.38. The van der Waals surface area contributed by atoms with Gasteiger partial charge in [-0.2, -0.15) is 4.68 Å². The molecule has 0 aliphatic carbocycles. The minimum Gasteiger partial charge on any atom is -0.255 e. The van der Waals surface area contributed by atoms with Crippen LogP contribution in [0.5, 0.6) is 0 Å². The van der Waals surface area contributed by atoms with Crippen molar-refractivity contribution in [3.8, 4) is 5.69 Å². The molecule has 24 heavy (non-hydrogen) atoms. The zero-order valence-corrected chi connectivity index (χ0v) is 14.2. The van der Waals surface area contributed by atoms with Gasteiger partial charge >= 0.3 is 11.7 Å². The van der Waals surface area contributed by atoms with Crippen LogP contribution in [0.3, 0.4) is 0 Å². The van der Waals surface area contributed by atoms with Crippen molar-refractivity contribution in [1.82, 2.24) is 29.8 Å². The van der Waals surface area contributed by atoms with E-state index in [4.69, 9.17) is 11.6 Å². The quantitative estimate of drug-likeness (QED) is 0.788. The molecule has 1 aromatic carbocycles. The molecule has 2 heterocycles. The van der Waals surface area contributed by atoms with Crippen LogP contribution in [0.4, 0.5) is 4.79 Å². The van der Waals surface area contributed by atoms with Gasteiger partial charge in [-0.05, 0) is 42.3 Å². The first-order chi connectivity index (χ1) is 11.6. The molecule has 2 aromatic rings. The fourth-order valence-electron chi connectivity index (χ4n) is 2.83. The third kappa shape index (κ3) is 3.07. The molecule has 0 N–H and O–H groups in total. The molecule has 1 aromatic heterocycles. The molecule has 0 bridgehead atoms. The standard InChI is InChI=1S/C15H19ClN6O2/c1-2-20(19-10-6-3-7-11-19)14(23)22-15(24)21(17-18-22)13-9-5-4-8-12(13)16/h4-5,8-9H,2-3,6-7,10-11H2,1H3. The Morgan fingerprint density at radius 3 is 2.58 bits per heavy atom. The number of carbonyl (C=O) groups excluding carboxylic acids is 1. The van der Waals surface area contributed by atoms with Gasteiger partial charge in [0.25, 0.3) is 0 Å². The Morgan fingerprint density at radius 1 is 1.21 bits per heavy atom. The normalized spacial score (nSPS) is 15.4. The van der Waals surface area contributed by atoms with Gasteiger partial charge in [0.05, 0.1) is 10.7 Å². The van der Waals surface area contributed by atoms with Crippen molar-refractivity contribution in [3.05, 3.63) is 39.8 Å². The Kier molecular flexibility index (Phi) is 4.96. The van der Waals surface area contributed by atoms with Gasteiger partial charge in [-0.15, -0.1) is 4.68 Å². The van der Waals surface area contributed by atoms with Crippen LogP contribution in [0, 0.1) is 0 Å². The van der Waals surface area contributed by atoms with Crippen LogP contribution in [-0.4, -0.2) is 55.5 Å². The highest BCUT2D eigenvalue weighted by atomic mass is 35.5. The fraction of sp³-hybridized carbons (Fsp3) is 0.467. The highest BCUT2D eigenvalue weighted by molar-refractivity contribution is 6.32. The molecule has 128 valence electrons. The zero-order chi connectivity index (χ0) is 17.1. The Balaban J connectivity index is 1.91. The average molecular weight is 351 g/mol. The van der Waals surface area contributed by atoms with E-state index in [0.717, 1.165) is 41.7 Å². The van der Waals surface area contributed by atoms with Crippen molar-refractivity contribution in [3.63, 3.8) is 0 Å². The van der Waals surface area contributed by atoms with E-state index in [0.29, 0.717) is 17.3 Å². The molecule has 0 atom stereocenters. The van der Waals surface area contributed by atoms with Crippen molar-refractivity contribution in [2.24, 2.45) is 0 Å². The number of nitrogens with zero attached hydrogens (tertiary/aromatic N) is 6. The number of hydrazine groups is 1. The number of piperidine rings is 1. The Labute approximate surface area is 144 Å². The highest BCUT2D eigenvalue weighted by Gasteiger charge is 2.26. The molecule has 8 nitrogen and oxygen atoms in total. The van der Waals surface area contributed by atoms with E-state index in [9.17, 15) is 9.59 Å². The predicted molar refractivity (Wildman–Crippen MR) is 89.2 cm³/mol. The number of hydrogen-bond donors (Lipinski definition) is 0. The summed E-state index contributed by atoms with van der Waals surface area (Å²) in [6.07, 6.45) is 3.22. The minimum absolute atomic E-state index is 0.363. The van der Waals surface area contributed by atoms with E-state index in [2.05, 4.69) is 10.4 Å². The molecular weight excluding hydrogens is 332 g/mol. The summed E-state index contributed by atoms with van der Waals surface area (Å²) in [5.41, 5.74) is -0.243. The van der Waals surface area contributed by atoms with Crippen molar-refractivity contribution >= 4 is 17.6 Å². The molecule has 0 unspecified atom stereocenters. The number of para-hydroxylation sites is 1. The van der Waals surface area contributed by atoms with Gasteiger partial charge in [-0.1, -0.05) is 30.2 Å². The summed E-state index contributed by atoms with van der Waals surface area (Å²) >= 11 is 6.09. The second-order valence-corrected chi connectivity index (χ2v) is 5.96. The van der Waals surface area contributed by atoms with Crippen LogP contribution >= 0.6 is 11.6 Å². The van der Waals surface area contributed by atoms with Gasteiger partial charge < -0.3 is 0 Å². The summed E-state index contributed by atoms with van der Waals surface area (Å²) in [5, 5.41) is 11.4. The number of benzene rings is 1. The Morgan fingerprint density at radius 2 is 1.92 bits per heavy atom. The largest absolute Gasteiger partial charge is 0.377 e. The van der Waals surface area contributed by atoms with E-state index in [1.54, 1.807) is 29.3 Å². The summed E-state index contributed by atoms with van der Waals surface area (Å²) in [6.45, 7) is 3.93. The monoisotopic (exact) mass is 350 g/mol.